The Morgan fingerprint density at radius 1 is 1.40 bits per heavy atom. The van der Waals surface area contributed by atoms with E-state index in [0.29, 0.717) is 18.2 Å². The van der Waals surface area contributed by atoms with Crippen LogP contribution < -0.4 is 0 Å². The van der Waals surface area contributed by atoms with E-state index >= 15 is 0 Å². The fourth-order valence-corrected chi connectivity index (χ4v) is 2.28. The van der Waals surface area contributed by atoms with Crippen molar-refractivity contribution in [3.05, 3.63) is 5.82 Å². The van der Waals surface area contributed by atoms with Crippen molar-refractivity contribution in [3.63, 3.8) is 0 Å². The summed E-state index contributed by atoms with van der Waals surface area (Å²) in [5, 5.41) is 21.8. The van der Waals surface area contributed by atoms with Gasteiger partial charge in [-0.3, -0.25) is 0 Å². The molecule has 0 saturated heterocycles. The minimum absolute atomic E-state index is 0.297. The summed E-state index contributed by atoms with van der Waals surface area (Å²) < 4.78 is 0. The summed E-state index contributed by atoms with van der Waals surface area (Å²) in [5.41, 5.74) is 0. The number of aliphatic hydroxyl groups excluding tert-OH is 1. The van der Waals surface area contributed by atoms with E-state index in [1.165, 1.54) is 24.1 Å². The second-order valence-corrected chi connectivity index (χ2v) is 4.36. The summed E-state index contributed by atoms with van der Waals surface area (Å²) >= 11 is 0. The zero-order valence-corrected chi connectivity index (χ0v) is 9.13. The van der Waals surface area contributed by atoms with E-state index in [2.05, 4.69) is 15.4 Å². The van der Waals surface area contributed by atoms with Crippen LogP contribution >= 0.6 is 0 Å². The summed E-state index contributed by atoms with van der Waals surface area (Å²) in [6.45, 7) is 0. The number of rotatable bonds is 3. The highest BCUT2D eigenvalue weighted by atomic mass is 16.3. The van der Waals surface area contributed by atoms with E-state index in [0.717, 1.165) is 12.8 Å². The van der Waals surface area contributed by atoms with Gasteiger partial charge in [-0.05, 0) is 24.0 Å². The van der Waals surface area contributed by atoms with Crippen LogP contribution in [0.1, 0.15) is 37.9 Å². The van der Waals surface area contributed by atoms with E-state index < -0.39 is 0 Å². The lowest BCUT2D eigenvalue weighted by Gasteiger charge is -2.25. The Bertz CT molecular complexity index is 306. The number of nitrogens with zero attached hydrogens (tertiary/aromatic N) is 4. The molecule has 1 aliphatic carbocycles. The molecule has 15 heavy (non-hydrogen) atoms. The molecule has 1 N–H and O–H groups in total. The highest BCUT2D eigenvalue weighted by Gasteiger charge is 2.23. The molecule has 0 amide bonds. The van der Waals surface area contributed by atoms with Gasteiger partial charge in [0.2, 0.25) is 0 Å². The standard InChI is InChI=1S/C10H18N4O/c1-14-12-10(11-13-14)7-9(15)8-5-3-2-4-6-8/h8-9,15H,2-7H2,1H3. The molecule has 0 aliphatic heterocycles. The topological polar surface area (TPSA) is 63.8 Å². The molecule has 84 valence electrons. The molecule has 1 atom stereocenters. The van der Waals surface area contributed by atoms with E-state index in [-0.39, 0.29) is 6.10 Å². The van der Waals surface area contributed by atoms with Crippen LogP contribution in [0, 0.1) is 5.92 Å². The van der Waals surface area contributed by atoms with Gasteiger partial charge >= 0.3 is 0 Å². The average Bonchev–Trinajstić information content (AvgIpc) is 2.65. The molecule has 2 rings (SSSR count). The third kappa shape index (κ3) is 2.75. The first-order valence-corrected chi connectivity index (χ1v) is 5.66. The molecule has 0 radical (unpaired) electrons. The van der Waals surface area contributed by atoms with Gasteiger partial charge in [-0.1, -0.05) is 19.3 Å². The van der Waals surface area contributed by atoms with Crippen molar-refractivity contribution in [2.24, 2.45) is 13.0 Å². The van der Waals surface area contributed by atoms with Gasteiger partial charge in [-0.25, -0.2) is 0 Å². The average molecular weight is 210 g/mol. The second kappa shape index (κ2) is 4.70. The van der Waals surface area contributed by atoms with Crippen molar-refractivity contribution in [2.45, 2.75) is 44.6 Å². The van der Waals surface area contributed by atoms with Crippen LogP contribution in [0.3, 0.4) is 0 Å². The molecule has 1 heterocycles. The molecule has 0 bridgehead atoms. The Labute approximate surface area is 89.5 Å². The first-order valence-electron chi connectivity index (χ1n) is 5.66. The Balaban J connectivity index is 1.88. The van der Waals surface area contributed by atoms with Gasteiger partial charge in [0, 0.05) is 6.42 Å². The number of tetrazole rings is 1. The Morgan fingerprint density at radius 2 is 2.13 bits per heavy atom. The molecular formula is C10H18N4O. The molecule has 1 aromatic rings. The van der Waals surface area contributed by atoms with Crippen LogP contribution in [0.4, 0.5) is 0 Å². The SMILES string of the molecule is Cn1nnc(CC(O)C2CCCCC2)n1. The number of hydrogen-bond donors (Lipinski definition) is 1. The van der Waals surface area contributed by atoms with Crippen LogP contribution in [0.2, 0.25) is 0 Å². The Kier molecular flexibility index (Phi) is 3.30. The summed E-state index contributed by atoms with van der Waals surface area (Å²) in [6.07, 6.45) is 6.33. The van der Waals surface area contributed by atoms with Gasteiger partial charge in [-0.15, -0.1) is 10.2 Å². The molecule has 5 heteroatoms. The van der Waals surface area contributed by atoms with E-state index in [9.17, 15) is 5.11 Å². The van der Waals surface area contributed by atoms with E-state index in [1.54, 1.807) is 7.05 Å². The zero-order valence-electron chi connectivity index (χ0n) is 9.13. The predicted molar refractivity (Wildman–Crippen MR) is 55.1 cm³/mol. The van der Waals surface area contributed by atoms with Gasteiger partial charge in [0.05, 0.1) is 13.2 Å². The lowest BCUT2D eigenvalue weighted by Crippen LogP contribution is -2.25. The largest absolute Gasteiger partial charge is 0.392 e. The van der Waals surface area contributed by atoms with Crippen LogP contribution in [0.25, 0.3) is 0 Å². The molecule has 5 nitrogen and oxygen atoms in total. The van der Waals surface area contributed by atoms with Crippen molar-refractivity contribution in [1.29, 1.82) is 0 Å². The zero-order chi connectivity index (χ0) is 10.7. The first-order chi connectivity index (χ1) is 7.25. The van der Waals surface area contributed by atoms with Gasteiger partial charge in [0.25, 0.3) is 0 Å². The van der Waals surface area contributed by atoms with Crippen LogP contribution in [0.15, 0.2) is 0 Å². The maximum absolute atomic E-state index is 10.0. The smallest absolute Gasteiger partial charge is 0.177 e. The maximum Gasteiger partial charge on any atom is 0.177 e. The lowest BCUT2D eigenvalue weighted by molar-refractivity contribution is 0.0833. The van der Waals surface area contributed by atoms with Crippen molar-refractivity contribution in [3.8, 4) is 0 Å². The molecule has 1 fully saturated rings. The highest BCUT2D eigenvalue weighted by Crippen LogP contribution is 2.27. The number of aryl methyl sites for hydroxylation is 1. The Morgan fingerprint density at radius 3 is 2.73 bits per heavy atom. The minimum Gasteiger partial charge on any atom is -0.392 e. The molecule has 1 aliphatic rings. The van der Waals surface area contributed by atoms with E-state index in [4.69, 9.17) is 0 Å². The third-order valence-corrected chi connectivity index (χ3v) is 3.14. The molecule has 0 aromatic carbocycles. The molecule has 1 saturated carbocycles. The van der Waals surface area contributed by atoms with Crippen LogP contribution in [-0.4, -0.2) is 31.4 Å². The molecular weight excluding hydrogens is 192 g/mol. The molecule has 0 spiro atoms. The molecule has 1 aromatic heterocycles. The maximum atomic E-state index is 10.0. The van der Waals surface area contributed by atoms with Gasteiger partial charge in [0.1, 0.15) is 0 Å². The highest BCUT2D eigenvalue weighted by molar-refractivity contribution is 4.85. The fraction of sp³-hybridized carbons (Fsp3) is 0.900. The lowest BCUT2D eigenvalue weighted by atomic mass is 9.84. The van der Waals surface area contributed by atoms with Crippen LogP contribution in [-0.2, 0) is 13.5 Å². The predicted octanol–water partition coefficient (Wildman–Crippen LogP) is 0.694. The van der Waals surface area contributed by atoms with Gasteiger partial charge < -0.3 is 5.11 Å². The summed E-state index contributed by atoms with van der Waals surface area (Å²) in [5.74, 6) is 1.08. The van der Waals surface area contributed by atoms with Gasteiger partial charge in [-0.2, -0.15) is 4.80 Å². The quantitative estimate of drug-likeness (QED) is 0.797. The minimum atomic E-state index is -0.297. The van der Waals surface area contributed by atoms with E-state index in [1.807, 2.05) is 0 Å². The van der Waals surface area contributed by atoms with Crippen molar-refractivity contribution >= 4 is 0 Å². The molecule has 1 unspecified atom stereocenters. The summed E-state index contributed by atoms with van der Waals surface area (Å²) in [4.78, 5) is 1.43. The van der Waals surface area contributed by atoms with Crippen LogP contribution in [0.5, 0.6) is 0 Å². The summed E-state index contributed by atoms with van der Waals surface area (Å²) in [7, 11) is 1.74. The number of hydrogen-bond acceptors (Lipinski definition) is 4. The first kappa shape index (κ1) is 10.5. The monoisotopic (exact) mass is 210 g/mol. The van der Waals surface area contributed by atoms with Gasteiger partial charge in [0.15, 0.2) is 5.82 Å². The third-order valence-electron chi connectivity index (χ3n) is 3.14. The fourth-order valence-electron chi connectivity index (χ4n) is 2.28. The van der Waals surface area contributed by atoms with Crippen molar-refractivity contribution < 1.29 is 5.11 Å². The summed E-state index contributed by atoms with van der Waals surface area (Å²) in [6, 6.07) is 0. The normalized spacial score (nSPS) is 20.4. The number of aromatic nitrogens is 4. The Hall–Kier alpha value is -0.970. The van der Waals surface area contributed by atoms with Crippen molar-refractivity contribution in [1.82, 2.24) is 20.2 Å². The number of aliphatic hydroxyl groups is 1. The second-order valence-electron chi connectivity index (χ2n) is 4.36. The van der Waals surface area contributed by atoms with Crippen molar-refractivity contribution in [2.75, 3.05) is 0 Å².